The molecule has 0 bridgehead atoms. The summed E-state index contributed by atoms with van der Waals surface area (Å²) in [5, 5.41) is 2.95. The highest BCUT2D eigenvalue weighted by Crippen LogP contribution is 2.17. The number of piperazine rings is 1. The number of hydrogen-bond donors (Lipinski definition) is 2. The van der Waals surface area contributed by atoms with Crippen LogP contribution in [0, 0.1) is 13.8 Å². The van der Waals surface area contributed by atoms with Gasteiger partial charge in [-0.25, -0.2) is 9.97 Å². The molecule has 0 aliphatic carbocycles. The Morgan fingerprint density at radius 3 is 2.41 bits per heavy atom. The Bertz CT molecular complexity index is 850. The van der Waals surface area contributed by atoms with Crippen molar-refractivity contribution < 1.29 is 14.5 Å². The molecule has 0 saturated carbocycles. The Labute approximate surface area is 171 Å². The number of nitrogens with one attached hydrogen (secondary N) is 2. The van der Waals surface area contributed by atoms with Crippen molar-refractivity contribution >= 4 is 23.5 Å². The zero-order valence-corrected chi connectivity index (χ0v) is 17.3. The van der Waals surface area contributed by atoms with Crippen LogP contribution in [0.15, 0.2) is 36.7 Å². The summed E-state index contributed by atoms with van der Waals surface area (Å²) < 4.78 is 0. The van der Waals surface area contributed by atoms with Crippen LogP contribution >= 0.6 is 0 Å². The average Bonchev–Trinajstić information content (AvgIpc) is 2.72. The van der Waals surface area contributed by atoms with Gasteiger partial charge in [-0.05, 0) is 37.1 Å². The molecule has 154 valence electrons. The van der Waals surface area contributed by atoms with E-state index in [0.29, 0.717) is 38.7 Å². The summed E-state index contributed by atoms with van der Waals surface area (Å²) in [7, 11) is 1.87. The van der Waals surface area contributed by atoms with E-state index < -0.39 is 0 Å². The molecule has 2 N–H and O–H groups in total. The number of aryl methyl sites for hydroxylation is 1. The van der Waals surface area contributed by atoms with Crippen LogP contribution in [0.4, 0.5) is 11.6 Å². The minimum Gasteiger partial charge on any atom is -0.337 e. The summed E-state index contributed by atoms with van der Waals surface area (Å²) in [6.07, 6.45) is 3.45. The smallest absolute Gasteiger partial charge is 0.279 e. The van der Waals surface area contributed by atoms with E-state index in [-0.39, 0.29) is 18.4 Å². The Hall–Kier alpha value is -3.00. The number of anilines is 2. The minimum absolute atomic E-state index is 0.0654. The van der Waals surface area contributed by atoms with Crippen molar-refractivity contribution in [3.05, 3.63) is 47.8 Å². The molecule has 1 unspecified atom stereocenters. The van der Waals surface area contributed by atoms with Gasteiger partial charge in [0.2, 0.25) is 5.95 Å². The van der Waals surface area contributed by atoms with Gasteiger partial charge in [-0.15, -0.1) is 0 Å². The summed E-state index contributed by atoms with van der Waals surface area (Å²) >= 11 is 0. The van der Waals surface area contributed by atoms with Crippen LogP contribution in [0.25, 0.3) is 0 Å². The quantitative estimate of drug-likeness (QED) is 0.711. The highest BCUT2D eigenvalue weighted by molar-refractivity contribution is 5.92. The van der Waals surface area contributed by atoms with Crippen LogP contribution < -0.4 is 15.1 Å². The largest absolute Gasteiger partial charge is 0.337 e. The van der Waals surface area contributed by atoms with Crippen molar-refractivity contribution in [3.8, 4) is 0 Å². The number of quaternary nitrogens is 1. The first-order valence-corrected chi connectivity index (χ1v) is 9.91. The van der Waals surface area contributed by atoms with Crippen molar-refractivity contribution in [3.63, 3.8) is 0 Å². The Balaban J connectivity index is 1.44. The fourth-order valence-corrected chi connectivity index (χ4v) is 3.40. The van der Waals surface area contributed by atoms with E-state index in [9.17, 15) is 9.59 Å². The van der Waals surface area contributed by atoms with Gasteiger partial charge >= 0.3 is 0 Å². The Morgan fingerprint density at radius 2 is 1.72 bits per heavy atom. The zero-order chi connectivity index (χ0) is 20.8. The number of rotatable bonds is 6. The first-order chi connectivity index (χ1) is 13.9. The molecule has 8 nitrogen and oxygen atoms in total. The summed E-state index contributed by atoms with van der Waals surface area (Å²) in [6, 6.07) is 7.64. The lowest BCUT2D eigenvalue weighted by molar-refractivity contribution is -0.862. The zero-order valence-electron chi connectivity index (χ0n) is 17.3. The molecule has 1 aliphatic heterocycles. The van der Waals surface area contributed by atoms with E-state index in [1.807, 2.05) is 44.0 Å². The fourth-order valence-electron chi connectivity index (χ4n) is 3.40. The van der Waals surface area contributed by atoms with Gasteiger partial charge in [0.15, 0.2) is 13.1 Å². The number of carbonyl (C=O) groups excluding carboxylic acids is 2. The second-order valence-corrected chi connectivity index (χ2v) is 7.52. The first-order valence-electron chi connectivity index (χ1n) is 9.91. The number of aromatic nitrogens is 2. The van der Waals surface area contributed by atoms with Crippen molar-refractivity contribution in [1.29, 1.82) is 0 Å². The van der Waals surface area contributed by atoms with Crippen LogP contribution in [0.3, 0.4) is 0 Å². The summed E-state index contributed by atoms with van der Waals surface area (Å²) in [4.78, 5) is 38.3. The molecular formula is C21H29N6O2+. The SMILES string of the molecule is Cc1cccc(NC(=O)C[NH+](C)CC(=O)N2CCN(c3ncccn3)CC2)c1C. The molecule has 1 aromatic heterocycles. The molecule has 2 heterocycles. The van der Waals surface area contributed by atoms with Crippen LogP contribution in [0.5, 0.6) is 0 Å². The molecule has 1 fully saturated rings. The Morgan fingerprint density at radius 1 is 1.03 bits per heavy atom. The molecule has 1 aromatic carbocycles. The average molecular weight is 398 g/mol. The van der Waals surface area contributed by atoms with E-state index >= 15 is 0 Å². The number of nitrogens with zero attached hydrogens (tertiary/aromatic N) is 4. The maximum atomic E-state index is 12.6. The number of amides is 2. The third-order valence-electron chi connectivity index (χ3n) is 5.26. The van der Waals surface area contributed by atoms with Gasteiger partial charge in [0.1, 0.15) is 0 Å². The van der Waals surface area contributed by atoms with Crippen LogP contribution in [0.1, 0.15) is 11.1 Å². The third kappa shape index (κ3) is 5.51. The van der Waals surface area contributed by atoms with Crippen molar-refractivity contribution in [2.24, 2.45) is 0 Å². The molecule has 8 heteroatoms. The van der Waals surface area contributed by atoms with Crippen LogP contribution in [-0.4, -0.2) is 73.0 Å². The number of hydrogen-bond acceptors (Lipinski definition) is 5. The number of likely N-dealkylation sites (N-methyl/N-ethyl adjacent to an activating group) is 1. The van der Waals surface area contributed by atoms with Crippen molar-refractivity contribution in [2.75, 3.05) is 56.5 Å². The van der Waals surface area contributed by atoms with Crippen LogP contribution in [-0.2, 0) is 9.59 Å². The maximum Gasteiger partial charge on any atom is 0.279 e. The monoisotopic (exact) mass is 397 g/mol. The summed E-state index contributed by atoms with van der Waals surface area (Å²) in [5.41, 5.74) is 3.03. The van der Waals surface area contributed by atoms with Crippen LogP contribution in [0.2, 0.25) is 0 Å². The lowest BCUT2D eigenvalue weighted by atomic mass is 10.1. The molecule has 1 saturated heterocycles. The van der Waals surface area contributed by atoms with Crippen molar-refractivity contribution in [1.82, 2.24) is 14.9 Å². The molecular weight excluding hydrogens is 368 g/mol. The molecule has 1 atom stereocenters. The number of carbonyl (C=O) groups is 2. The van der Waals surface area contributed by atoms with Gasteiger partial charge in [-0.2, -0.15) is 0 Å². The van der Waals surface area contributed by atoms with Gasteiger partial charge in [0.05, 0.1) is 7.05 Å². The van der Waals surface area contributed by atoms with E-state index in [0.717, 1.165) is 21.7 Å². The Kier molecular flexibility index (Phi) is 6.77. The first kappa shape index (κ1) is 20.7. The van der Waals surface area contributed by atoms with Gasteiger partial charge < -0.3 is 20.0 Å². The highest BCUT2D eigenvalue weighted by Gasteiger charge is 2.25. The van der Waals surface area contributed by atoms with Gasteiger partial charge in [0.25, 0.3) is 11.8 Å². The highest BCUT2D eigenvalue weighted by atomic mass is 16.2. The maximum absolute atomic E-state index is 12.6. The molecule has 0 spiro atoms. The molecule has 1 aliphatic rings. The minimum atomic E-state index is -0.0879. The second-order valence-electron chi connectivity index (χ2n) is 7.52. The van der Waals surface area contributed by atoms with E-state index in [1.54, 1.807) is 18.5 Å². The van der Waals surface area contributed by atoms with E-state index in [2.05, 4.69) is 20.2 Å². The van der Waals surface area contributed by atoms with Gasteiger partial charge in [-0.1, -0.05) is 12.1 Å². The summed E-state index contributed by atoms with van der Waals surface area (Å²) in [6.45, 7) is 7.25. The van der Waals surface area contributed by atoms with E-state index in [4.69, 9.17) is 0 Å². The predicted octanol–water partition coefficient (Wildman–Crippen LogP) is -0.105. The fraction of sp³-hybridized carbons (Fsp3) is 0.429. The third-order valence-corrected chi connectivity index (χ3v) is 5.26. The number of benzene rings is 1. The molecule has 2 aromatic rings. The van der Waals surface area contributed by atoms with Crippen molar-refractivity contribution in [2.45, 2.75) is 13.8 Å². The van der Waals surface area contributed by atoms with Gasteiger partial charge in [0, 0.05) is 44.3 Å². The topological polar surface area (TPSA) is 82.9 Å². The summed E-state index contributed by atoms with van der Waals surface area (Å²) in [5.74, 6) is 0.677. The lowest BCUT2D eigenvalue weighted by Gasteiger charge is -2.34. The normalized spacial score (nSPS) is 15.1. The lowest BCUT2D eigenvalue weighted by Crippen LogP contribution is -3.11. The van der Waals surface area contributed by atoms with E-state index in [1.165, 1.54) is 0 Å². The van der Waals surface area contributed by atoms with Gasteiger partial charge in [-0.3, -0.25) is 9.59 Å². The predicted molar refractivity (Wildman–Crippen MR) is 112 cm³/mol. The molecule has 0 radical (unpaired) electrons. The standard InChI is InChI=1S/C21H28N6O2/c1-16-6-4-7-18(17(16)2)24-19(28)14-25(3)15-20(29)26-10-12-27(13-11-26)21-22-8-5-9-23-21/h4-9H,10-15H2,1-3H3,(H,24,28)/p+1. The second kappa shape index (κ2) is 9.47. The molecule has 2 amide bonds. The molecule has 3 rings (SSSR count). The molecule has 29 heavy (non-hydrogen) atoms.